The van der Waals surface area contributed by atoms with Crippen LogP contribution in [0, 0.1) is 0 Å². The van der Waals surface area contributed by atoms with Gasteiger partial charge >= 0.3 is 0 Å². The summed E-state index contributed by atoms with van der Waals surface area (Å²) in [4.78, 5) is 12.7. The molecule has 4 aliphatic rings. The van der Waals surface area contributed by atoms with Gasteiger partial charge < -0.3 is 19.4 Å². The van der Waals surface area contributed by atoms with Gasteiger partial charge in [-0.05, 0) is 23.6 Å². The molecule has 2 aliphatic heterocycles. The minimum atomic E-state index is -0.917. The number of hydrogen-bond acceptors (Lipinski definition) is 4. The minimum Gasteiger partial charge on any atom is -0.481 e. The van der Waals surface area contributed by atoms with Crippen LogP contribution in [0.5, 0.6) is 5.75 Å². The van der Waals surface area contributed by atoms with E-state index in [0.29, 0.717) is 12.8 Å². The summed E-state index contributed by atoms with van der Waals surface area (Å²) in [6.07, 6.45) is 1.81. The zero-order valence-corrected chi connectivity index (χ0v) is 14.2. The van der Waals surface area contributed by atoms with Gasteiger partial charge in [0.05, 0.1) is 32.7 Å². The molecule has 2 aliphatic carbocycles. The molecule has 5 nitrogen and oxygen atoms in total. The quantitative estimate of drug-likeness (QED) is 0.743. The van der Waals surface area contributed by atoms with E-state index >= 15 is 0 Å². The van der Waals surface area contributed by atoms with Crippen molar-refractivity contribution in [3.8, 4) is 5.75 Å². The van der Waals surface area contributed by atoms with E-state index in [1.54, 1.807) is 0 Å². The van der Waals surface area contributed by atoms with Crippen LogP contribution >= 0.6 is 0 Å². The first-order valence-electron chi connectivity index (χ1n) is 8.86. The lowest BCUT2D eigenvalue weighted by Gasteiger charge is -2.63. The summed E-state index contributed by atoms with van der Waals surface area (Å²) in [5.41, 5.74) is 1.48. The highest BCUT2D eigenvalue weighted by molar-refractivity contribution is 5.89. The van der Waals surface area contributed by atoms with Gasteiger partial charge in [-0.3, -0.25) is 4.79 Å². The van der Waals surface area contributed by atoms with Gasteiger partial charge in [0.25, 0.3) is 0 Å². The highest BCUT2D eigenvalue weighted by Crippen LogP contribution is 2.64. The Morgan fingerprint density at radius 2 is 2.12 bits per heavy atom. The van der Waals surface area contributed by atoms with Crippen LogP contribution in [0.1, 0.15) is 36.0 Å². The van der Waals surface area contributed by atoms with Gasteiger partial charge in [-0.25, -0.2) is 0 Å². The van der Waals surface area contributed by atoms with Crippen molar-refractivity contribution in [1.82, 2.24) is 0 Å². The van der Waals surface area contributed by atoms with E-state index in [1.165, 1.54) is 0 Å². The molecule has 5 rings (SSSR count). The van der Waals surface area contributed by atoms with Crippen LogP contribution in [0.3, 0.4) is 0 Å². The van der Waals surface area contributed by atoms with Crippen molar-refractivity contribution < 1.29 is 24.2 Å². The molecule has 1 spiro atoms. The third kappa shape index (κ3) is 1.38. The van der Waals surface area contributed by atoms with E-state index in [9.17, 15) is 15.0 Å². The fourth-order valence-electron chi connectivity index (χ4n) is 6.19. The highest BCUT2D eigenvalue weighted by Gasteiger charge is 2.75. The Balaban J connectivity index is 1.87. The van der Waals surface area contributed by atoms with Gasteiger partial charge in [0, 0.05) is 24.8 Å². The Morgan fingerprint density at radius 3 is 2.88 bits per heavy atom. The van der Waals surface area contributed by atoms with Crippen molar-refractivity contribution >= 4 is 5.78 Å². The maximum atomic E-state index is 12.7. The predicted molar refractivity (Wildman–Crippen MR) is 86.7 cm³/mol. The first-order chi connectivity index (χ1) is 11.3. The monoisotopic (exact) mass is 330 g/mol. The molecule has 128 valence electrons. The Hall–Kier alpha value is -1.43. The second-order valence-corrected chi connectivity index (χ2v) is 8.57. The molecule has 24 heavy (non-hydrogen) atoms. The summed E-state index contributed by atoms with van der Waals surface area (Å²) < 4.78 is 6.87. The summed E-state index contributed by atoms with van der Waals surface area (Å²) in [5.74, 6) is 0.853. The molecule has 5 heteroatoms. The standard InChI is InChI=1S/C19H24NO4/c1-20(2)8-7-18-16-12-9-15(20)19(18,23)6-5-13(22)17(18)24-14(16)4-3-11(12)10-21/h3-4,15,17,21,23H,5-10H2,1-2H3/q+1/t15?,17?,18-,19?/m0/s1. The third-order valence-electron chi connectivity index (χ3n) is 7.37. The lowest BCUT2D eigenvalue weighted by molar-refractivity contribution is -0.931. The number of ketones is 1. The topological polar surface area (TPSA) is 66.8 Å². The van der Waals surface area contributed by atoms with Crippen LogP contribution in [0.2, 0.25) is 0 Å². The Kier molecular flexibility index (Phi) is 2.61. The molecule has 1 saturated carbocycles. The molecule has 2 fully saturated rings. The van der Waals surface area contributed by atoms with E-state index in [-0.39, 0.29) is 18.4 Å². The summed E-state index contributed by atoms with van der Waals surface area (Å²) in [6, 6.07) is 3.81. The molecule has 3 unspecified atom stereocenters. The second-order valence-electron chi connectivity index (χ2n) is 8.57. The van der Waals surface area contributed by atoms with Gasteiger partial charge in [0.1, 0.15) is 17.4 Å². The number of quaternary nitrogens is 1. The van der Waals surface area contributed by atoms with Crippen molar-refractivity contribution in [1.29, 1.82) is 0 Å². The predicted octanol–water partition coefficient (Wildman–Crippen LogP) is 0.676. The number of aliphatic hydroxyl groups excluding tert-OH is 1. The number of carbonyl (C=O) groups excluding carboxylic acids is 1. The number of aliphatic hydroxyl groups is 2. The van der Waals surface area contributed by atoms with Crippen molar-refractivity contribution in [2.24, 2.45) is 0 Å². The summed E-state index contributed by atoms with van der Waals surface area (Å²) in [6.45, 7) is 0.901. The molecular weight excluding hydrogens is 306 g/mol. The number of likely N-dealkylation sites (N-methyl/N-ethyl adjacent to an activating group) is 1. The molecule has 4 atom stereocenters. The van der Waals surface area contributed by atoms with Crippen LogP contribution in [0.25, 0.3) is 0 Å². The number of ether oxygens (including phenoxy) is 1. The fraction of sp³-hybridized carbons (Fsp3) is 0.632. The van der Waals surface area contributed by atoms with E-state index in [4.69, 9.17) is 4.74 Å². The third-order valence-corrected chi connectivity index (χ3v) is 7.37. The van der Waals surface area contributed by atoms with E-state index in [2.05, 4.69) is 14.1 Å². The normalized spacial score (nSPS) is 40.9. The van der Waals surface area contributed by atoms with Gasteiger partial charge in [0.2, 0.25) is 0 Å². The Labute approximate surface area is 141 Å². The first kappa shape index (κ1) is 14.9. The molecule has 2 N–H and O–H groups in total. The van der Waals surface area contributed by atoms with Crippen LogP contribution < -0.4 is 4.74 Å². The van der Waals surface area contributed by atoms with Crippen molar-refractivity contribution in [3.63, 3.8) is 0 Å². The van der Waals surface area contributed by atoms with E-state index < -0.39 is 17.1 Å². The van der Waals surface area contributed by atoms with Crippen LogP contribution in [0.4, 0.5) is 0 Å². The fourth-order valence-corrected chi connectivity index (χ4v) is 6.19. The maximum absolute atomic E-state index is 12.7. The zero-order chi connectivity index (χ0) is 16.9. The highest BCUT2D eigenvalue weighted by atomic mass is 16.5. The van der Waals surface area contributed by atoms with Gasteiger partial charge in [-0.1, -0.05) is 6.07 Å². The van der Waals surface area contributed by atoms with E-state index in [0.717, 1.165) is 46.3 Å². The minimum absolute atomic E-state index is 0.0180. The molecule has 2 bridgehead atoms. The molecule has 0 aromatic heterocycles. The molecule has 1 aromatic carbocycles. The average molecular weight is 330 g/mol. The average Bonchev–Trinajstić information content (AvgIpc) is 2.89. The summed E-state index contributed by atoms with van der Waals surface area (Å²) >= 11 is 0. The van der Waals surface area contributed by atoms with Crippen molar-refractivity contribution in [3.05, 3.63) is 28.8 Å². The van der Waals surface area contributed by atoms with Crippen LogP contribution in [0.15, 0.2) is 12.1 Å². The van der Waals surface area contributed by atoms with Crippen molar-refractivity contribution in [2.75, 3.05) is 20.6 Å². The Morgan fingerprint density at radius 1 is 1.33 bits per heavy atom. The first-order valence-corrected chi connectivity index (χ1v) is 8.86. The lowest BCUT2D eigenvalue weighted by atomic mass is 9.48. The van der Waals surface area contributed by atoms with Gasteiger partial charge in [0.15, 0.2) is 11.9 Å². The van der Waals surface area contributed by atoms with E-state index in [1.807, 2.05) is 12.1 Å². The summed E-state index contributed by atoms with van der Waals surface area (Å²) in [7, 11) is 4.34. The zero-order valence-electron chi connectivity index (χ0n) is 14.2. The Bertz CT molecular complexity index is 773. The molecule has 0 radical (unpaired) electrons. The van der Waals surface area contributed by atoms with Crippen LogP contribution in [-0.2, 0) is 23.2 Å². The number of carbonyl (C=O) groups is 1. The van der Waals surface area contributed by atoms with Crippen molar-refractivity contribution in [2.45, 2.75) is 55.5 Å². The second kappa shape index (κ2) is 4.21. The number of benzene rings is 1. The molecule has 1 aromatic rings. The maximum Gasteiger partial charge on any atom is 0.174 e. The number of rotatable bonds is 1. The lowest BCUT2D eigenvalue weighted by Crippen LogP contribution is -2.80. The molecule has 1 saturated heterocycles. The smallest absolute Gasteiger partial charge is 0.174 e. The number of nitrogens with zero attached hydrogens (tertiary/aromatic N) is 1. The molecular formula is C19H24NO4+. The SMILES string of the molecule is C[N+]1(C)CC[C@@]23c4c5ccc(CO)c4CC1C2(O)CCC(=O)C3O5. The number of piperidine rings is 1. The number of likely N-dealkylation sites (tertiary alicyclic amines) is 1. The number of hydrogen-bond donors (Lipinski definition) is 2. The largest absolute Gasteiger partial charge is 0.481 e. The molecule has 0 amide bonds. The summed E-state index contributed by atoms with van der Waals surface area (Å²) in [5, 5.41) is 21.7. The number of Topliss-reactive ketones (excluding diaryl/α,β-unsaturated/α-hetero) is 1. The molecule has 2 heterocycles. The van der Waals surface area contributed by atoms with Gasteiger partial charge in [-0.2, -0.15) is 0 Å². The van der Waals surface area contributed by atoms with Crippen LogP contribution in [-0.4, -0.2) is 58.9 Å². The van der Waals surface area contributed by atoms with Gasteiger partial charge in [-0.15, -0.1) is 0 Å².